The number of ether oxygens (including phenoxy) is 1. The number of amides is 1. The number of carbonyl (C=O) groups is 1. The Morgan fingerprint density at radius 2 is 2.03 bits per heavy atom. The van der Waals surface area contributed by atoms with Crippen LogP contribution in [0.3, 0.4) is 0 Å². The van der Waals surface area contributed by atoms with Crippen LogP contribution in [0, 0.1) is 12.7 Å². The van der Waals surface area contributed by atoms with E-state index in [1.807, 2.05) is 25.1 Å². The summed E-state index contributed by atoms with van der Waals surface area (Å²) in [6, 6.07) is 16.1. The highest BCUT2D eigenvalue weighted by Gasteiger charge is 2.13. The average Bonchev–Trinajstić information content (AvgIpc) is 3.37. The number of rotatable bonds is 7. The first-order valence-electron chi connectivity index (χ1n) is 9.28. The van der Waals surface area contributed by atoms with E-state index in [0.29, 0.717) is 11.4 Å². The number of hydrogen-bond donors (Lipinski definition) is 1. The SMILES string of the molecule is Cc1cccc(Cn2cnc(NC(=O)c3cc(COc4ccccc4F)cs3)n2)c1. The van der Waals surface area contributed by atoms with Crippen molar-refractivity contribution < 1.29 is 13.9 Å². The first-order chi connectivity index (χ1) is 14.6. The van der Waals surface area contributed by atoms with Crippen molar-refractivity contribution in [3.63, 3.8) is 0 Å². The second-order valence-electron chi connectivity index (χ2n) is 6.75. The number of nitrogens with zero attached hydrogens (tertiary/aromatic N) is 3. The molecule has 2 heterocycles. The quantitative estimate of drug-likeness (QED) is 0.470. The van der Waals surface area contributed by atoms with E-state index in [-0.39, 0.29) is 24.2 Å². The summed E-state index contributed by atoms with van der Waals surface area (Å²) >= 11 is 1.28. The Morgan fingerprint density at radius 3 is 2.87 bits per heavy atom. The molecule has 0 aliphatic heterocycles. The number of aromatic nitrogens is 3. The van der Waals surface area contributed by atoms with Crippen molar-refractivity contribution in [2.75, 3.05) is 5.32 Å². The van der Waals surface area contributed by atoms with Crippen molar-refractivity contribution in [2.45, 2.75) is 20.1 Å². The molecule has 0 spiro atoms. The fourth-order valence-electron chi connectivity index (χ4n) is 2.88. The van der Waals surface area contributed by atoms with Crippen LogP contribution in [0.5, 0.6) is 5.75 Å². The van der Waals surface area contributed by atoms with Crippen molar-refractivity contribution in [3.05, 3.63) is 93.7 Å². The molecule has 1 amide bonds. The number of aryl methyl sites for hydroxylation is 1. The van der Waals surface area contributed by atoms with Crippen molar-refractivity contribution in [1.29, 1.82) is 0 Å². The summed E-state index contributed by atoms with van der Waals surface area (Å²) in [4.78, 5) is 17.1. The Labute approximate surface area is 177 Å². The average molecular weight is 422 g/mol. The van der Waals surface area contributed by atoms with Crippen LogP contribution >= 0.6 is 11.3 Å². The van der Waals surface area contributed by atoms with Gasteiger partial charge >= 0.3 is 0 Å². The van der Waals surface area contributed by atoms with Crippen LogP contribution in [0.2, 0.25) is 0 Å². The third-order valence-electron chi connectivity index (χ3n) is 4.30. The minimum absolute atomic E-state index is 0.175. The molecule has 0 fully saturated rings. The van der Waals surface area contributed by atoms with Crippen molar-refractivity contribution >= 4 is 23.2 Å². The molecule has 0 atom stereocenters. The predicted molar refractivity (Wildman–Crippen MR) is 113 cm³/mol. The van der Waals surface area contributed by atoms with Crippen molar-refractivity contribution in [1.82, 2.24) is 14.8 Å². The number of nitrogens with one attached hydrogen (secondary N) is 1. The van der Waals surface area contributed by atoms with Gasteiger partial charge in [-0.1, -0.05) is 42.0 Å². The van der Waals surface area contributed by atoms with Gasteiger partial charge < -0.3 is 4.74 Å². The molecule has 0 radical (unpaired) electrons. The van der Waals surface area contributed by atoms with Gasteiger partial charge in [-0.15, -0.1) is 16.4 Å². The predicted octanol–water partition coefficient (Wildman–Crippen LogP) is 4.67. The third-order valence-corrected chi connectivity index (χ3v) is 5.28. The molecule has 152 valence electrons. The Balaban J connectivity index is 1.34. The van der Waals surface area contributed by atoms with Crippen LogP contribution < -0.4 is 10.1 Å². The summed E-state index contributed by atoms with van der Waals surface area (Å²) in [5.74, 6) is -0.299. The van der Waals surface area contributed by atoms with Gasteiger partial charge in [0.2, 0.25) is 5.95 Å². The van der Waals surface area contributed by atoms with Crippen LogP contribution in [0.1, 0.15) is 26.4 Å². The topological polar surface area (TPSA) is 69.0 Å². The molecule has 0 saturated carbocycles. The minimum atomic E-state index is -0.418. The molecule has 0 aliphatic rings. The largest absolute Gasteiger partial charge is 0.486 e. The van der Waals surface area contributed by atoms with E-state index in [1.54, 1.807) is 40.7 Å². The second-order valence-corrected chi connectivity index (χ2v) is 7.66. The Kier molecular flexibility index (Phi) is 5.85. The lowest BCUT2D eigenvalue weighted by Gasteiger charge is -2.05. The smallest absolute Gasteiger partial charge is 0.268 e. The van der Waals surface area contributed by atoms with E-state index in [9.17, 15) is 9.18 Å². The van der Waals surface area contributed by atoms with Gasteiger partial charge in [-0.25, -0.2) is 14.1 Å². The van der Waals surface area contributed by atoms with Crippen LogP contribution in [0.4, 0.5) is 10.3 Å². The van der Waals surface area contributed by atoms with E-state index in [2.05, 4.69) is 21.5 Å². The fraction of sp³-hybridized carbons (Fsp3) is 0.136. The van der Waals surface area contributed by atoms with Gasteiger partial charge in [-0.3, -0.25) is 10.1 Å². The molecule has 4 aromatic rings. The molecule has 1 N–H and O–H groups in total. The number of para-hydroxylation sites is 1. The summed E-state index contributed by atoms with van der Waals surface area (Å²) in [7, 11) is 0. The van der Waals surface area contributed by atoms with Crippen LogP contribution in [0.15, 0.2) is 66.3 Å². The Morgan fingerprint density at radius 1 is 1.17 bits per heavy atom. The van der Waals surface area contributed by atoms with Crippen molar-refractivity contribution in [2.24, 2.45) is 0 Å². The van der Waals surface area contributed by atoms with E-state index in [4.69, 9.17) is 4.74 Å². The molecule has 6 nitrogen and oxygen atoms in total. The van der Waals surface area contributed by atoms with E-state index in [0.717, 1.165) is 11.1 Å². The molecule has 2 aromatic carbocycles. The monoisotopic (exact) mass is 422 g/mol. The maximum Gasteiger partial charge on any atom is 0.268 e. The summed E-state index contributed by atoms with van der Waals surface area (Å²) in [6.07, 6.45) is 1.58. The number of anilines is 1. The Bertz CT molecular complexity index is 1170. The lowest BCUT2D eigenvalue weighted by molar-refractivity contribution is 0.102. The van der Waals surface area contributed by atoms with E-state index < -0.39 is 5.82 Å². The zero-order valence-corrected chi connectivity index (χ0v) is 17.0. The molecule has 0 saturated heterocycles. The lowest BCUT2D eigenvalue weighted by Crippen LogP contribution is -2.12. The van der Waals surface area contributed by atoms with Crippen LogP contribution in [0.25, 0.3) is 0 Å². The summed E-state index contributed by atoms with van der Waals surface area (Å²) in [6.45, 7) is 2.78. The normalized spacial score (nSPS) is 10.7. The van der Waals surface area contributed by atoms with Crippen LogP contribution in [-0.4, -0.2) is 20.7 Å². The zero-order valence-electron chi connectivity index (χ0n) is 16.2. The molecule has 30 heavy (non-hydrogen) atoms. The van der Waals surface area contributed by atoms with Crippen molar-refractivity contribution in [3.8, 4) is 5.75 Å². The van der Waals surface area contributed by atoms with Gasteiger partial charge in [0.15, 0.2) is 11.6 Å². The van der Waals surface area contributed by atoms with Crippen LogP contribution in [-0.2, 0) is 13.2 Å². The van der Waals surface area contributed by atoms with Gasteiger partial charge in [-0.05, 0) is 36.1 Å². The molecule has 0 bridgehead atoms. The molecule has 0 aliphatic carbocycles. The summed E-state index contributed by atoms with van der Waals surface area (Å²) in [5.41, 5.74) is 3.07. The van der Waals surface area contributed by atoms with Gasteiger partial charge in [0.1, 0.15) is 12.9 Å². The standard InChI is InChI=1S/C22H19FN4O2S/c1-15-5-4-6-16(9-15)11-27-14-24-22(26-27)25-21(28)20-10-17(13-30-20)12-29-19-8-3-2-7-18(19)23/h2-10,13-14H,11-12H2,1H3,(H,25,26,28). The first-order valence-corrected chi connectivity index (χ1v) is 10.2. The fourth-order valence-corrected chi connectivity index (χ4v) is 3.67. The number of carbonyl (C=O) groups excluding carboxylic acids is 1. The van der Waals surface area contributed by atoms with Gasteiger partial charge in [0, 0.05) is 5.56 Å². The summed E-state index contributed by atoms with van der Waals surface area (Å²) in [5, 5.41) is 8.81. The highest BCUT2D eigenvalue weighted by Crippen LogP contribution is 2.20. The van der Waals surface area contributed by atoms with E-state index in [1.165, 1.54) is 23.0 Å². The number of hydrogen-bond acceptors (Lipinski definition) is 5. The molecule has 0 unspecified atom stereocenters. The lowest BCUT2D eigenvalue weighted by atomic mass is 10.1. The summed E-state index contributed by atoms with van der Waals surface area (Å²) < 4.78 is 20.8. The highest BCUT2D eigenvalue weighted by atomic mass is 32.1. The van der Waals surface area contributed by atoms with Gasteiger partial charge in [-0.2, -0.15) is 0 Å². The number of thiophene rings is 1. The third kappa shape index (κ3) is 4.90. The molecule has 4 rings (SSSR count). The zero-order chi connectivity index (χ0) is 20.9. The molecular formula is C22H19FN4O2S. The Hall–Kier alpha value is -3.52. The number of halogens is 1. The number of benzene rings is 2. The highest BCUT2D eigenvalue weighted by molar-refractivity contribution is 7.12. The maximum absolute atomic E-state index is 13.6. The minimum Gasteiger partial charge on any atom is -0.486 e. The second kappa shape index (κ2) is 8.87. The first kappa shape index (κ1) is 19.8. The maximum atomic E-state index is 13.6. The van der Waals surface area contributed by atoms with Gasteiger partial charge in [0.25, 0.3) is 5.91 Å². The molecule has 8 heteroatoms. The molecular weight excluding hydrogens is 403 g/mol. The van der Waals surface area contributed by atoms with Gasteiger partial charge in [0.05, 0.1) is 11.4 Å². The molecule has 2 aromatic heterocycles. The van der Waals surface area contributed by atoms with E-state index >= 15 is 0 Å².